The van der Waals surface area contributed by atoms with Gasteiger partial charge in [-0.15, -0.1) is 0 Å². The highest BCUT2D eigenvalue weighted by Gasteiger charge is 2.13. The highest BCUT2D eigenvalue weighted by molar-refractivity contribution is 6.02. The Morgan fingerprint density at radius 1 is 0.816 bits per heavy atom. The minimum absolute atomic E-state index is 0.138. The third kappa shape index (κ3) is 5.96. The Hall–Kier alpha value is -5.17. The molecule has 0 fully saturated rings. The Kier molecular flexibility index (Phi) is 7.56. The van der Waals surface area contributed by atoms with Crippen LogP contribution in [0.3, 0.4) is 0 Å². The zero-order chi connectivity index (χ0) is 26.2. The molecule has 0 spiro atoms. The van der Waals surface area contributed by atoms with Crippen molar-refractivity contribution in [3.8, 4) is 5.75 Å². The minimum atomic E-state index is -0.379. The molecule has 7 heteroatoms. The molecule has 188 valence electrons. The van der Waals surface area contributed by atoms with E-state index in [9.17, 15) is 9.59 Å². The molecule has 5 aromatic rings. The number of nitrogens with one attached hydrogen (secondary N) is 2. The second-order valence-corrected chi connectivity index (χ2v) is 8.61. The van der Waals surface area contributed by atoms with Crippen LogP contribution in [0.15, 0.2) is 120 Å². The van der Waals surface area contributed by atoms with Crippen LogP contribution in [0, 0.1) is 0 Å². The van der Waals surface area contributed by atoms with Crippen molar-refractivity contribution in [3.05, 3.63) is 132 Å². The molecule has 0 unspecified atom stereocenters. The van der Waals surface area contributed by atoms with Crippen molar-refractivity contribution >= 4 is 34.6 Å². The number of aromatic nitrogens is 1. The summed E-state index contributed by atoms with van der Waals surface area (Å²) in [5, 5.41) is 8.02. The third-order valence-electron chi connectivity index (χ3n) is 5.93. The summed E-state index contributed by atoms with van der Waals surface area (Å²) in [6.07, 6.45) is 3.43. The molecule has 1 heterocycles. The predicted octanol–water partition coefficient (Wildman–Crippen LogP) is 5.62. The Morgan fingerprint density at radius 3 is 2.32 bits per heavy atom. The fourth-order valence-electron chi connectivity index (χ4n) is 4.12. The van der Waals surface area contributed by atoms with Gasteiger partial charge in [0, 0.05) is 28.4 Å². The number of fused-ring (bicyclic) bond motifs is 1. The molecule has 0 aliphatic heterocycles. The monoisotopic (exact) mass is 502 g/mol. The van der Waals surface area contributed by atoms with Crippen molar-refractivity contribution in [1.29, 1.82) is 0 Å². The fourth-order valence-corrected chi connectivity index (χ4v) is 4.12. The summed E-state index contributed by atoms with van der Waals surface area (Å²) in [5.74, 6) is -0.0400. The summed E-state index contributed by atoms with van der Waals surface area (Å²) in [4.78, 5) is 25.5. The number of carbonyl (C=O) groups is 2. The van der Waals surface area contributed by atoms with Gasteiger partial charge < -0.3 is 14.6 Å². The van der Waals surface area contributed by atoms with E-state index in [1.807, 2.05) is 102 Å². The predicted molar refractivity (Wildman–Crippen MR) is 149 cm³/mol. The summed E-state index contributed by atoms with van der Waals surface area (Å²) in [6, 6.07) is 33.9. The fraction of sp³-hybridized carbons (Fsp3) is 0.0645. The topological polar surface area (TPSA) is 84.7 Å². The van der Waals surface area contributed by atoms with Crippen LogP contribution in [0.5, 0.6) is 5.75 Å². The second kappa shape index (κ2) is 11.7. The van der Waals surface area contributed by atoms with E-state index in [0.29, 0.717) is 17.9 Å². The summed E-state index contributed by atoms with van der Waals surface area (Å²) >= 11 is 0. The van der Waals surface area contributed by atoms with Crippen molar-refractivity contribution < 1.29 is 14.3 Å². The maximum atomic E-state index is 12.9. The summed E-state index contributed by atoms with van der Waals surface area (Å²) in [5.41, 5.74) is 6.41. The Balaban J connectivity index is 1.27. The van der Waals surface area contributed by atoms with Gasteiger partial charge in [-0.2, -0.15) is 5.10 Å². The van der Waals surface area contributed by atoms with Crippen LogP contribution in [0.1, 0.15) is 21.5 Å². The van der Waals surface area contributed by atoms with Crippen LogP contribution in [0.4, 0.5) is 5.69 Å². The number of nitrogens with zero attached hydrogens (tertiary/aromatic N) is 2. The van der Waals surface area contributed by atoms with Gasteiger partial charge in [-0.05, 0) is 35.9 Å². The number of amides is 2. The molecule has 38 heavy (non-hydrogen) atoms. The molecule has 0 saturated carbocycles. The number of para-hydroxylation sites is 3. The van der Waals surface area contributed by atoms with Crippen molar-refractivity contribution in [2.45, 2.75) is 13.2 Å². The first-order valence-electron chi connectivity index (χ1n) is 12.2. The Morgan fingerprint density at radius 2 is 1.50 bits per heavy atom. The summed E-state index contributed by atoms with van der Waals surface area (Å²) < 4.78 is 7.76. The number of rotatable bonds is 9. The van der Waals surface area contributed by atoms with Gasteiger partial charge in [0.1, 0.15) is 18.9 Å². The molecule has 0 saturated heterocycles. The first-order chi connectivity index (χ1) is 18.7. The van der Waals surface area contributed by atoms with E-state index in [1.165, 1.54) is 0 Å². The van der Waals surface area contributed by atoms with E-state index in [-0.39, 0.29) is 18.4 Å². The first kappa shape index (κ1) is 24.5. The van der Waals surface area contributed by atoms with E-state index in [1.54, 1.807) is 24.4 Å². The van der Waals surface area contributed by atoms with Crippen molar-refractivity contribution in [1.82, 2.24) is 9.99 Å². The van der Waals surface area contributed by atoms with E-state index >= 15 is 0 Å². The molecular formula is C31H26N4O3. The minimum Gasteiger partial charge on any atom is -0.488 e. The van der Waals surface area contributed by atoms with E-state index in [2.05, 4.69) is 15.8 Å². The quantitative estimate of drug-likeness (QED) is 0.203. The number of hydrazone groups is 1. The SMILES string of the molecule is O=C(Cn1cc(/C=N/NC(=O)c2ccccc2OCc2ccccc2)c2ccccc21)Nc1ccccc1. The van der Waals surface area contributed by atoms with Crippen LogP contribution in [-0.2, 0) is 17.9 Å². The van der Waals surface area contributed by atoms with Crippen LogP contribution in [0.2, 0.25) is 0 Å². The molecule has 7 nitrogen and oxygen atoms in total. The van der Waals surface area contributed by atoms with Gasteiger partial charge in [0.05, 0.1) is 11.8 Å². The standard InChI is InChI=1S/C31H26N4O3/c36-30(33-25-13-5-2-6-14-25)21-35-20-24(26-15-7-9-17-28(26)35)19-32-34-31(37)27-16-8-10-18-29(27)38-22-23-11-3-1-4-12-23/h1-20H,21-22H2,(H,33,36)(H,34,37)/b32-19+. The maximum Gasteiger partial charge on any atom is 0.275 e. The highest BCUT2D eigenvalue weighted by atomic mass is 16.5. The molecule has 1 aromatic heterocycles. The average molecular weight is 503 g/mol. The molecule has 0 atom stereocenters. The lowest BCUT2D eigenvalue weighted by molar-refractivity contribution is -0.116. The first-order valence-corrected chi connectivity index (χ1v) is 12.2. The Labute approximate surface area is 220 Å². The van der Waals surface area contributed by atoms with E-state index in [0.717, 1.165) is 27.7 Å². The molecule has 2 amide bonds. The number of hydrogen-bond donors (Lipinski definition) is 2. The van der Waals surface area contributed by atoms with Gasteiger partial charge in [-0.3, -0.25) is 9.59 Å². The van der Waals surface area contributed by atoms with Gasteiger partial charge >= 0.3 is 0 Å². The molecule has 0 aliphatic carbocycles. The summed E-state index contributed by atoms with van der Waals surface area (Å²) in [7, 11) is 0. The van der Waals surface area contributed by atoms with Crippen molar-refractivity contribution in [3.63, 3.8) is 0 Å². The number of benzene rings is 4. The van der Waals surface area contributed by atoms with Crippen molar-refractivity contribution in [2.75, 3.05) is 5.32 Å². The molecule has 2 N–H and O–H groups in total. The van der Waals surface area contributed by atoms with Crippen LogP contribution < -0.4 is 15.5 Å². The van der Waals surface area contributed by atoms with Gasteiger partial charge in [0.15, 0.2) is 0 Å². The molecule has 4 aromatic carbocycles. The third-order valence-corrected chi connectivity index (χ3v) is 5.93. The van der Waals surface area contributed by atoms with Crippen LogP contribution >= 0.6 is 0 Å². The lowest BCUT2D eigenvalue weighted by Gasteiger charge is -2.10. The number of hydrogen-bond acceptors (Lipinski definition) is 4. The maximum absolute atomic E-state index is 12.9. The van der Waals surface area contributed by atoms with Gasteiger partial charge in [0.25, 0.3) is 5.91 Å². The van der Waals surface area contributed by atoms with Crippen LogP contribution in [-0.4, -0.2) is 22.6 Å². The molecule has 0 aliphatic rings. The zero-order valence-electron chi connectivity index (χ0n) is 20.6. The van der Waals surface area contributed by atoms with Crippen LogP contribution in [0.25, 0.3) is 10.9 Å². The lowest BCUT2D eigenvalue weighted by atomic mass is 10.2. The number of anilines is 1. The molecular weight excluding hydrogens is 476 g/mol. The Bertz CT molecular complexity index is 1580. The average Bonchev–Trinajstić information content (AvgIpc) is 3.30. The highest BCUT2D eigenvalue weighted by Crippen LogP contribution is 2.21. The van der Waals surface area contributed by atoms with E-state index in [4.69, 9.17) is 4.74 Å². The smallest absolute Gasteiger partial charge is 0.275 e. The normalized spacial score (nSPS) is 10.9. The van der Waals surface area contributed by atoms with Gasteiger partial charge in [0.2, 0.25) is 5.91 Å². The van der Waals surface area contributed by atoms with Gasteiger partial charge in [-0.25, -0.2) is 5.43 Å². The number of ether oxygens (including phenoxy) is 1. The zero-order valence-corrected chi connectivity index (χ0v) is 20.6. The molecule has 5 rings (SSSR count). The summed E-state index contributed by atoms with van der Waals surface area (Å²) in [6.45, 7) is 0.494. The van der Waals surface area contributed by atoms with Crippen molar-refractivity contribution in [2.24, 2.45) is 5.10 Å². The largest absolute Gasteiger partial charge is 0.488 e. The van der Waals surface area contributed by atoms with E-state index < -0.39 is 0 Å². The molecule has 0 bridgehead atoms. The van der Waals surface area contributed by atoms with Gasteiger partial charge in [-0.1, -0.05) is 78.9 Å². The molecule has 0 radical (unpaired) electrons. The number of carbonyl (C=O) groups excluding carboxylic acids is 2. The second-order valence-electron chi connectivity index (χ2n) is 8.61. The lowest BCUT2D eigenvalue weighted by Crippen LogP contribution is -2.19.